The Morgan fingerprint density at radius 2 is 1.82 bits per heavy atom. The second kappa shape index (κ2) is 8.08. The van der Waals surface area contributed by atoms with Crippen LogP contribution in [0.2, 0.25) is 0 Å². The Labute approximate surface area is 131 Å². The van der Waals surface area contributed by atoms with E-state index in [2.05, 4.69) is 17.4 Å². The van der Waals surface area contributed by atoms with E-state index in [4.69, 9.17) is 5.73 Å². The van der Waals surface area contributed by atoms with Crippen molar-refractivity contribution in [2.45, 2.75) is 25.7 Å². The molecule has 0 saturated heterocycles. The molecule has 0 bridgehead atoms. The first-order valence-electron chi connectivity index (χ1n) is 7.53. The molecule has 1 amide bonds. The molecule has 0 radical (unpaired) electrons. The van der Waals surface area contributed by atoms with Crippen molar-refractivity contribution in [1.29, 1.82) is 0 Å². The highest BCUT2D eigenvalue weighted by molar-refractivity contribution is 5.79. The number of benzene rings is 2. The SMILES string of the molecule is Nc1cc(CC(=O)NCCCCc2ccccc2)ccc1O. The van der Waals surface area contributed by atoms with Gasteiger partial charge in [-0.25, -0.2) is 0 Å². The van der Waals surface area contributed by atoms with Crippen LogP contribution in [0.3, 0.4) is 0 Å². The smallest absolute Gasteiger partial charge is 0.224 e. The lowest BCUT2D eigenvalue weighted by Crippen LogP contribution is -2.26. The van der Waals surface area contributed by atoms with Gasteiger partial charge in [-0.05, 0) is 42.5 Å². The normalized spacial score (nSPS) is 10.4. The minimum atomic E-state index is -0.0233. The summed E-state index contributed by atoms with van der Waals surface area (Å²) in [6.45, 7) is 0.680. The molecule has 0 fully saturated rings. The molecular weight excluding hydrogens is 276 g/mol. The van der Waals surface area contributed by atoms with Gasteiger partial charge < -0.3 is 16.2 Å². The maximum Gasteiger partial charge on any atom is 0.224 e. The summed E-state index contributed by atoms with van der Waals surface area (Å²) in [6.07, 6.45) is 3.32. The standard InChI is InChI=1S/C18H22N2O2/c19-16-12-15(9-10-17(16)21)13-18(22)20-11-5-4-8-14-6-2-1-3-7-14/h1-3,6-7,9-10,12,21H,4-5,8,11,13,19H2,(H,20,22). The summed E-state index contributed by atoms with van der Waals surface area (Å²) in [7, 11) is 0. The Morgan fingerprint density at radius 1 is 1.05 bits per heavy atom. The third kappa shape index (κ3) is 5.13. The van der Waals surface area contributed by atoms with E-state index in [9.17, 15) is 9.90 Å². The van der Waals surface area contributed by atoms with E-state index in [0.717, 1.165) is 24.8 Å². The van der Waals surface area contributed by atoms with E-state index in [1.54, 1.807) is 12.1 Å². The molecule has 0 atom stereocenters. The molecule has 2 aromatic rings. The highest BCUT2D eigenvalue weighted by atomic mass is 16.3. The third-order valence-corrected chi connectivity index (χ3v) is 3.51. The zero-order chi connectivity index (χ0) is 15.8. The summed E-state index contributed by atoms with van der Waals surface area (Å²) in [5.41, 5.74) is 8.04. The summed E-state index contributed by atoms with van der Waals surface area (Å²) < 4.78 is 0. The lowest BCUT2D eigenvalue weighted by atomic mass is 10.1. The Balaban J connectivity index is 1.64. The maximum absolute atomic E-state index is 11.8. The number of amides is 1. The number of hydrogen-bond donors (Lipinski definition) is 3. The fourth-order valence-electron chi connectivity index (χ4n) is 2.29. The Bertz CT molecular complexity index is 612. The van der Waals surface area contributed by atoms with Crippen LogP contribution in [0.15, 0.2) is 48.5 Å². The fourth-order valence-corrected chi connectivity index (χ4v) is 2.29. The molecule has 0 aliphatic carbocycles. The molecule has 116 valence electrons. The summed E-state index contributed by atoms with van der Waals surface area (Å²) in [6, 6.07) is 15.2. The molecule has 22 heavy (non-hydrogen) atoms. The number of nitrogen functional groups attached to an aromatic ring is 1. The minimum Gasteiger partial charge on any atom is -0.506 e. The van der Waals surface area contributed by atoms with Crippen molar-refractivity contribution in [3.8, 4) is 5.75 Å². The van der Waals surface area contributed by atoms with Gasteiger partial charge in [-0.1, -0.05) is 36.4 Å². The number of phenols is 1. The number of hydrogen-bond acceptors (Lipinski definition) is 3. The first-order valence-corrected chi connectivity index (χ1v) is 7.53. The van der Waals surface area contributed by atoms with Gasteiger partial charge in [-0.3, -0.25) is 4.79 Å². The molecule has 0 aliphatic heterocycles. The topological polar surface area (TPSA) is 75.4 Å². The maximum atomic E-state index is 11.8. The van der Waals surface area contributed by atoms with Crippen LogP contribution < -0.4 is 11.1 Å². The number of anilines is 1. The second-order valence-corrected chi connectivity index (χ2v) is 5.36. The van der Waals surface area contributed by atoms with Crippen LogP contribution in [0, 0.1) is 0 Å². The van der Waals surface area contributed by atoms with Gasteiger partial charge in [0.15, 0.2) is 0 Å². The Kier molecular flexibility index (Phi) is 5.83. The monoisotopic (exact) mass is 298 g/mol. The van der Waals surface area contributed by atoms with Gasteiger partial charge in [0.05, 0.1) is 12.1 Å². The molecule has 4 N–H and O–H groups in total. The molecular formula is C18H22N2O2. The predicted octanol–water partition coefficient (Wildman–Crippen LogP) is 2.66. The number of carbonyl (C=O) groups is 1. The highest BCUT2D eigenvalue weighted by Crippen LogP contribution is 2.20. The van der Waals surface area contributed by atoms with E-state index in [1.807, 2.05) is 18.2 Å². The molecule has 0 aliphatic rings. The van der Waals surface area contributed by atoms with E-state index in [1.165, 1.54) is 11.6 Å². The average molecular weight is 298 g/mol. The lowest BCUT2D eigenvalue weighted by Gasteiger charge is -2.07. The number of aryl methyl sites for hydroxylation is 1. The highest BCUT2D eigenvalue weighted by Gasteiger charge is 2.05. The summed E-state index contributed by atoms with van der Waals surface area (Å²) in [5.74, 6) is 0.0230. The van der Waals surface area contributed by atoms with Crippen LogP contribution in [0.5, 0.6) is 5.75 Å². The van der Waals surface area contributed by atoms with Crippen molar-refractivity contribution in [2.24, 2.45) is 0 Å². The third-order valence-electron chi connectivity index (χ3n) is 3.51. The Morgan fingerprint density at radius 3 is 2.55 bits per heavy atom. The van der Waals surface area contributed by atoms with Crippen molar-refractivity contribution in [2.75, 3.05) is 12.3 Å². The zero-order valence-corrected chi connectivity index (χ0v) is 12.6. The minimum absolute atomic E-state index is 0.0233. The molecule has 0 aromatic heterocycles. The largest absolute Gasteiger partial charge is 0.506 e. The number of nitrogens with two attached hydrogens (primary N) is 1. The van der Waals surface area contributed by atoms with Gasteiger partial charge in [0.2, 0.25) is 5.91 Å². The molecule has 0 saturated carbocycles. The van der Waals surface area contributed by atoms with Crippen molar-refractivity contribution in [3.63, 3.8) is 0 Å². The number of rotatable bonds is 7. The van der Waals surface area contributed by atoms with Crippen molar-refractivity contribution in [3.05, 3.63) is 59.7 Å². The summed E-state index contributed by atoms with van der Waals surface area (Å²) >= 11 is 0. The van der Waals surface area contributed by atoms with Gasteiger partial charge in [-0.2, -0.15) is 0 Å². The van der Waals surface area contributed by atoms with Crippen LogP contribution >= 0.6 is 0 Å². The van der Waals surface area contributed by atoms with Crippen LogP contribution in [-0.2, 0) is 17.6 Å². The van der Waals surface area contributed by atoms with Gasteiger partial charge in [-0.15, -0.1) is 0 Å². The van der Waals surface area contributed by atoms with Gasteiger partial charge in [0, 0.05) is 6.54 Å². The second-order valence-electron chi connectivity index (χ2n) is 5.36. The quantitative estimate of drug-likeness (QED) is 0.418. The number of carbonyl (C=O) groups excluding carboxylic acids is 1. The lowest BCUT2D eigenvalue weighted by molar-refractivity contribution is -0.120. The van der Waals surface area contributed by atoms with Crippen LogP contribution in [0.4, 0.5) is 5.69 Å². The molecule has 0 spiro atoms. The van der Waals surface area contributed by atoms with Gasteiger partial charge in [0.25, 0.3) is 0 Å². The van der Waals surface area contributed by atoms with Crippen molar-refractivity contribution >= 4 is 11.6 Å². The Hall–Kier alpha value is -2.49. The van der Waals surface area contributed by atoms with E-state index in [0.29, 0.717) is 12.2 Å². The van der Waals surface area contributed by atoms with Gasteiger partial charge in [0.1, 0.15) is 5.75 Å². The van der Waals surface area contributed by atoms with Crippen molar-refractivity contribution in [1.82, 2.24) is 5.32 Å². The number of nitrogens with one attached hydrogen (secondary N) is 1. The van der Waals surface area contributed by atoms with E-state index in [-0.39, 0.29) is 18.1 Å². The molecule has 0 heterocycles. The average Bonchev–Trinajstić information content (AvgIpc) is 2.52. The van der Waals surface area contributed by atoms with Crippen LogP contribution in [0.25, 0.3) is 0 Å². The zero-order valence-electron chi connectivity index (χ0n) is 12.6. The van der Waals surface area contributed by atoms with Gasteiger partial charge >= 0.3 is 0 Å². The number of aromatic hydroxyl groups is 1. The number of unbranched alkanes of at least 4 members (excludes halogenated alkanes) is 1. The molecule has 2 rings (SSSR count). The summed E-state index contributed by atoms with van der Waals surface area (Å²) in [5, 5.41) is 12.3. The first-order chi connectivity index (χ1) is 10.6. The van der Waals surface area contributed by atoms with Crippen LogP contribution in [0.1, 0.15) is 24.0 Å². The molecule has 4 nitrogen and oxygen atoms in total. The molecule has 4 heteroatoms. The first kappa shape index (κ1) is 15.9. The van der Waals surface area contributed by atoms with Crippen molar-refractivity contribution < 1.29 is 9.90 Å². The fraction of sp³-hybridized carbons (Fsp3) is 0.278. The predicted molar refractivity (Wildman–Crippen MR) is 88.6 cm³/mol. The van der Waals surface area contributed by atoms with E-state index >= 15 is 0 Å². The molecule has 2 aromatic carbocycles. The summed E-state index contributed by atoms with van der Waals surface area (Å²) in [4.78, 5) is 11.8. The van der Waals surface area contributed by atoms with Crippen LogP contribution in [-0.4, -0.2) is 17.6 Å². The molecule has 0 unspecified atom stereocenters. The van der Waals surface area contributed by atoms with E-state index < -0.39 is 0 Å². The number of phenolic OH excluding ortho intramolecular Hbond substituents is 1.